The van der Waals surface area contributed by atoms with E-state index in [0.29, 0.717) is 0 Å². The van der Waals surface area contributed by atoms with Crippen molar-refractivity contribution in [1.29, 1.82) is 0 Å². The third-order valence-corrected chi connectivity index (χ3v) is 4.16. The van der Waals surface area contributed by atoms with Gasteiger partial charge in [0, 0.05) is 0 Å². The van der Waals surface area contributed by atoms with Crippen molar-refractivity contribution in [2.24, 2.45) is 10.9 Å². The number of carbonyl (C=O) groups excluding carboxylic acids is 1. The van der Waals surface area contributed by atoms with Crippen LogP contribution < -0.4 is 5.32 Å². The van der Waals surface area contributed by atoms with E-state index in [-0.39, 0.29) is 33.8 Å². The standard InChI is InChI=1S/C15H17ClN2O3/c1-7(2)15(4)14(21)17-12(18-15)11-9(13(19)20)5-8(3)6-10(11)16/h5-7H,1-4H3,(H,19,20)(H,17,18,21). The molecule has 0 bridgehead atoms. The molecule has 1 aromatic rings. The number of aliphatic imine (C=N–C) groups is 1. The van der Waals surface area contributed by atoms with Crippen LogP contribution in [0.25, 0.3) is 0 Å². The fourth-order valence-corrected chi connectivity index (χ4v) is 2.57. The zero-order valence-corrected chi connectivity index (χ0v) is 13.1. The van der Waals surface area contributed by atoms with Crippen molar-refractivity contribution >= 4 is 29.3 Å². The van der Waals surface area contributed by atoms with Gasteiger partial charge in [0.25, 0.3) is 5.91 Å². The Morgan fingerprint density at radius 3 is 2.52 bits per heavy atom. The van der Waals surface area contributed by atoms with E-state index in [1.165, 1.54) is 6.07 Å². The number of amidine groups is 1. The molecule has 0 radical (unpaired) electrons. The highest BCUT2D eigenvalue weighted by Gasteiger charge is 2.43. The number of carboxylic acid groups (broad SMARTS) is 1. The van der Waals surface area contributed by atoms with Gasteiger partial charge in [0.15, 0.2) is 0 Å². The number of carbonyl (C=O) groups is 2. The number of halogens is 1. The number of aromatic carboxylic acids is 1. The van der Waals surface area contributed by atoms with E-state index in [4.69, 9.17) is 11.6 Å². The van der Waals surface area contributed by atoms with Crippen LogP contribution in [-0.4, -0.2) is 28.4 Å². The van der Waals surface area contributed by atoms with Gasteiger partial charge in [0.05, 0.1) is 16.1 Å². The number of nitrogens with zero attached hydrogens (tertiary/aromatic N) is 1. The molecule has 1 heterocycles. The van der Waals surface area contributed by atoms with Crippen LogP contribution in [0, 0.1) is 12.8 Å². The van der Waals surface area contributed by atoms with Gasteiger partial charge in [0.1, 0.15) is 11.4 Å². The number of rotatable bonds is 3. The molecule has 0 aliphatic carbocycles. The predicted octanol–water partition coefficient (Wildman–Crippen LogP) is 2.64. The fraction of sp³-hybridized carbons (Fsp3) is 0.400. The van der Waals surface area contributed by atoms with Crippen molar-refractivity contribution in [1.82, 2.24) is 5.32 Å². The van der Waals surface area contributed by atoms with Gasteiger partial charge >= 0.3 is 5.97 Å². The third kappa shape index (κ3) is 2.53. The van der Waals surface area contributed by atoms with Crippen molar-refractivity contribution in [3.8, 4) is 0 Å². The maximum atomic E-state index is 12.2. The van der Waals surface area contributed by atoms with Crippen LogP contribution in [0.5, 0.6) is 0 Å². The fourth-order valence-electron chi connectivity index (χ4n) is 2.21. The lowest BCUT2D eigenvalue weighted by atomic mass is 9.89. The minimum atomic E-state index is -1.11. The molecular formula is C15H17ClN2O3. The molecule has 1 atom stereocenters. The molecule has 0 saturated carbocycles. The molecule has 1 unspecified atom stereocenters. The average Bonchev–Trinajstić information content (AvgIpc) is 2.65. The van der Waals surface area contributed by atoms with Gasteiger partial charge in [-0.3, -0.25) is 9.79 Å². The number of hydrogen-bond donors (Lipinski definition) is 2. The Labute approximate surface area is 128 Å². The molecule has 6 heteroatoms. The minimum absolute atomic E-state index is 0.0208. The summed E-state index contributed by atoms with van der Waals surface area (Å²) in [5, 5.41) is 12.3. The van der Waals surface area contributed by atoms with E-state index in [1.807, 2.05) is 13.8 Å². The molecule has 1 amide bonds. The van der Waals surface area contributed by atoms with Crippen LogP contribution in [-0.2, 0) is 4.79 Å². The molecule has 21 heavy (non-hydrogen) atoms. The highest BCUT2D eigenvalue weighted by atomic mass is 35.5. The molecule has 2 N–H and O–H groups in total. The summed E-state index contributed by atoms with van der Waals surface area (Å²) in [6.45, 7) is 7.26. The summed E-state index contributed by atoms with van der Waals surface area (Å²) in [4.78, 5) is 28.0. The number of hydrogen-bond acceptors (Lipinski definition) is 3. The maximum Gasteiger partial charge on any atom is 0.336 e. The van der Waals surface area contributed by atoms with Gasteiger partial charge in [-0.2, -0.15) is 0 Å². The van der Waals surface area contributed by atoms with E-state index in [2.05, 4.69) is 10.3 Å². The molecule has 1 aliphatic heterocycles. The van der Waals surface area contributed by atoms with Crippen LogP contribution >= 0.6 is 11.6 Å². The summed E-state index contributed by atoms with van der Waals surface area (Å²) in [5.74, 6) is -1.16. The van der Waals surface area contributed by atoms with Gasteiger partial charge in [-0.05, 0) is 37.5 Å². The summed E-state index contributed by atoms with van der Waals surface area (Å²) < 4.78 is 0. The zero-order valence-electron chi connectivity index (χ0n) is 12.3. The first-order valence-electron chi connectivity index (χ1n) is 6.62. The molecule has 0 aromatic heterocycles. The van der Waals surface area contributed by atoms with Crippen LogP contribution in [0.4, 0.5) is 0 Å². The Bertz CT molecular complexity index is 667. The lowest BCUT2D eigenvalue weighted by molar-refractivity contribution is -0.124. The summed E-state index contributed by atoms with van der Waals surface area (Å²) in [7, 11) is 0. The molecular weight excluding hydrogens is 292 g/mol. The molecule has 112 valence electrons. The minimum Gasteiger partial charge on any atom is -0.478 e. The third-order valence-electron chi connectivity index (χ3n) is 3.86. The lowest BCUT2D eigenvalue weighted by Crippen LogP contribution is -2.41. The molecule has 5 nitrogen and oxygen atoms in total. The van der Waals surface area contributed by atoms with Crippen LogP contribution in [0.3, 0.4) is 0 Å². The zero-order chi connectivity index (χ0) is 15.9. The van der Waals surface area contributed by atoms with E-state index < -0.39 is 11.5 Å². The summed E-state index contributed by atoms with van der Waals surface area (Å²) in [6.07, 6.45) is 0. The normalized spacial score (nSPS) is 21.4. The number of carboxylic acids is 1. The van der Waals surface area contributed by atoms with Crippen molar-refractivity contribution in [2.75, 3.05) is 0 Å². The van der Waals surface area contributed by atoms with E-state index in [9.17, 15) is 14.7 Å². The first-order valence-corrected chi connectivity index (χ1v) is 6.99. The number of nitrogens with one attached hydrogen (secondary N) is 1. The van der Waals surface area contributed by atoms with Crippen molar-refractivity contribution in [3.63, 3.8) is 0 Å². The van der Waals surface area contributed by atoms with E-state index >= 15 is 0 Å². The second-order valence-corrected chi connectivity index (χ2v) is 6.10. The average molecular weight is 309 g/mol. The monoisotopic (exact) mass is 308 g/mol. The Balaban J connectivity index is 2.64. The van der Waals surface area contributed by atoms with Crippen LogP contribution in [0.15, 0.2) is 17.1 Å². The van der Waals surface area contributed by atoms with Gasteiger partial charge in [-0.1, -0.05) is 25.4 Å². The summed E-state index contributed by atoms with van der Waals surface area (Å²) in [5.41, 5.74) is 0.108. The second-order valence-electron chi connectivity index (χ2n) is 5.69. The Morgan fingerprint density at radius 1 is 1.43 bits per heavy atom. The topological polar surface area (TPSA) is 78.8 Å². The molecule has 1 aromatic carbocycles. The highest BCUT2D eigenvalue weighted by molar-refractivity contribution is 6.36. The van der Waals surface area contributed by atoms with Gasteiger partial charge in [0.2, 0.25) is 0 Å². The number of aryl methyl sites for hydroxylation is 1. The van der Waals surface area contributed by atoms with E-state index in [1.54, 1.807) is 19.9 Å². The Kier molecular flexibility index (Phi) is 3.80. The SMILES string of the molecule is Cc1cc(Cl)c(C2=NC(C)(C(C)C)C(=O)N2)c(C(=O)O)c1. The first kappa shape index (κ1) is 15.5. The molecule has 0 fully saturated rings. The Morgan fingerprint density at radius 2 is 2.05 bits per heavy atom. The molecule has 0 saturated heterocycles. The van der Waals surface area contributed by atoms with Crippen molar-refractivity contribution in [3.05, 3.63) is 33.8 Å². The van der Waals surface area contributed by atoms with Gasteiger partial charge in [-0.25, -0.2) is 4.79 Å². The first-order chi connectivity index (χ1) is 9.66. The van der Waals surface area contributed by atoms with Crippen LogP contribution in [0.2, 0.25) is 5.02 Å². The predicted molar refractivity (Wildman–Crippen MR) is 81.1 cm³/mol. The van der Waals surface area contributed by atoms with Crippen molar-refractivity contribution < 1.29 is 14.7 Å². The van der Waals surface area contributed by atoms with Gasteiger partial charge < -0.3 is 10.4 Å². The summed E-state index contributed by atoms with van der Waals surface area (Å²) in [6, 6.07) is 3.17. The number of amides is 1. The smallest absolute Gasteiger partial charge is 0.336 e. The summed E-state index contributed by atoms with van der Waals surface area (Å²) >= 11 is 6.18. The molecule has 0 spiro atoms. The quantitative estimate of drug-likeness (QED) is 0.901. The largest absolute Gasteiger partial charge is 0.478 e. The molecule has 1 aliphatic rings. The second kappa shape index (κ2) is 5.15. The van der Waals surface area contributed by atoms with Crippen molar-refractivity contribution in [2.45, 2.75) is 33.2 Å². The molecule has 2 rings (SSSR count). The Hall–Kier alpha value is -1.88. The highest BCUT2D eigenvalue weighted by Crippen LogP contribution is 2.30. The maximum absolute atomic E-state index is 12.2. The van der Waals surface area contributed by atoms with Crippen LogP contribution in [0.1, 0.15) is 42.3 Å². The van der Waals surface area contributed by atoms with E-state index in [0.717, 1.165) is 5.56 Å². The van der Waals surface area contributed by atoms with Gasteiger partial charge in [-0.15, -0.1) is 0 Å². The number of benzene rings is 1. The lowest BCUT2D eigenvalue weighted by Gasteiger charge is -2.21.